The smallest absolute Gasteiger partial charge is 0.274 e. The molecule has 2 aliphatic heterocycles. The minimum Gasteiger partial charge on any atom is -0.493 e. The van der Waals surface area contributed by atoms with Gasteiger partial charge >= 0.3 is 0 Å². The number of ether oxygens (including phenoxy) is 1. The van der Waals surface area contributed by atoms with E-state index in [4.69, 9.17) is 4.74 Å². The Labute approximate surface area is 158 Å². The second-order valence-corrected chi connectivity index (χ2v) is 6.65. The van der Waals surface area contributed by atoms with E-state index in [1.54, 1.807) is 0 Å². The number of benzene rings is 1. The lowest BCUT2D eigenvalue weighted by Crippen LogP contribution is -2.33. The summed E-state index contributed by atoms with van der Waals surface area (Å²) in [6.45, 7) is 4.48. The number of carbonyl (C=O) groups excluding carboxylic acids is 1. The first kappa shape index (κ1) is 18.7. The number of carbonyl (C=O) groups is 1. The second-order valence-electron chi connectivity index (χ2n) is 6.65. The van der Waals surface area contributed by atoms with Gasteiger partial charge < -0.3 is 15.4 Å². The van der Waals surface area contributed by atoms with Gasteiger partial charge in [-0.3, -0.25) is 4.79 Å². The Morgan fingerprint density at radius 1 is 1.27 bits per heavy atom. The zero-order valence-electron chi connectivity index (χ0n) is 14.8. The highest BCUT2D eigenvalue weighted by Crippen LogP contribution is 2.31. The van der Waals surface area contributed by atoms with E-state index in [-0.39, 0.29) is 24.4 Å². The predicted octanol–water partition coefficient (Wildman–Crippen LogP) is 2.19. The molecule has 1 amide bonds. The lowest BCUT2D eigenvalue weighted by Gasteiger charge is -2.26. The highest BCUT2D eigenvalue weighted by molar-refractivity contribution is 5.93. The van der Waals surface area contributed by atoms with Gasteiger partial charge in [-0.2, -0.15) is 0 Å². The second kappa shape index (κ2) is 8.05. The number of halogens is 1. The van der Waals surface area contributed by atoms with Crippen LogP contribution in [0.25, 0.3) is 0 Å². The number of hydrogen-bond acceptors (Lipinski definition) is 5. The lowest BCUT2D eigenvalue weighted by atomic mass is 10.0. The number of para-hydroxylation sites is 1. The lowest BCUT2D eigenvalue weighted by molar-refractivity contribution is 0.0919. The first-order chi connectivity index (χ1) is 12.2. The van der Waals surface area contributed by atoms with Crippen LogP contribution in [0.15, 0.2) is 24.3 Å². The van der Waals surface area contributed by atoms with Gasteiger partial charge in [-0.05, 0) is 38.9 Å². The van der Waals surface area contributed by atoms with Crippen LogP contribution in [0.3, 0.4) is 0 Å². The Bertz CT molecular complexity index is 773. The van der Waals surface area contributed by atoms with Gasteiger partial charge in [-0.15, -0.1) is 17.5 Å². The van der Waals surface area contributed by atoms with E-state index < -0.39 is 0 Å². The molecule has 1 fully saturated rings. The van der Waals surface area contributed by atoms with Crippen LogP contribution >= 0.6 is 12.4 Å². The summed E-state index contributed by atoms with van der Waals surface area (Å²) >= 11 is 0. The Morgan fingerprint density at radius 3 is 2.85 bits per heavy atom. The monoisotopic (exact) mass is 377 g/mol. The molecule has 4 rings (SSSR count). The van der Waals surface area contributed by atoms with Crippen LogP contribution in [0.5, 0.6) is 5.75 Å². The third-order valence-electron chi connectivity index (χ3n) is 5.06. The molecule has 2 aromatic rings. The zero-order valence-corrected chi connectivity index (χ0v) is 15.6. The molecule has 1 aromatic heterocycles. The van der Waals surface area contributed by atoms with E-state index in [0.29, 0.717) is 18.3 Å². The topological polar surface area (TPSA) is 81.1 Å². The number of rotatable bonds is 3. The molecule has 0 radical (unpaired) electrons. The molecule has 1 unspecified atom stereocenters. The van der Waals surface area contributed by atoms with Crippen LogP contribution < -0.4 is 15.4 Å². The van der Waals surface area contributed by atoms with Crippen molar-refractivity contribution in [3.8, 4) is 5.75 Å². The largest absolute Gasteiger partial charge is 0.493 e. The molecule has 8 heteroatoms. The van der Waals surface area contributed by atoms with Gasteiger partial charge in [0.15, 0.2) is 5.69 Å². The van der Waals surface area contributed by atoms with Crippen molar-refractivity contribution < 1.29 is 9.53 Å². The quantitative estimate of drug-likeness (QED) is 0.856. The van der Waals surface area contributed by atoms with Gasteiger partial charge in [0.25, 0.3) is 5.91 Å². The van der Waals surface area contributed by atoms with Gasteiger partial charge in [0.05, 0.1) is 24.4 Å². The van der Waals surface area contributed by atoms with Crippen LogP contribution in [0.4, 0.5) is 0 Å². The van der Waals surface area contributed by atoms with Crippen molar-refractivity contribution in [2.75, 3.05) is 19.7 Å². The Kier molecular flexibility index (Phi) is 5.78. The highest BCUT2D eigenvalue weighted by atomic mass is 35.5. The first-order valence-corrected chi connectivity index (χ1v) is 8.89. The fourth-order valence-corrected chi connectivity index (χ4v) is 3.67. The van der Waals surface area contributed by atoms with E-state index in [1.165, 1.54) is 0 Å². The SMILES string of the molecule is Cc1c(C(=O)NC2CCOc3ccccc32)nnn1C1CCNCC1.Cl. The molecule has 26 heavy (non-hydrogen) atoms. The maximum absolute atomic E-state index is 12.8. The van der Waals surface area contributed by atoms with Crippen molar-refractivity contribution in [2.24, 2.45) is 0 Å². The van der Waals surface area contributed by atoms with Gasteiger partial charge in [-0.1, -0.05) is 23.4 Å². The Balaban J connectivity index is 0.00000196. The van der Waals surface area contributed by atoms with E-state index in [2.05, 4.69) is 20.9 Å². The molecule has 140 valence electrons. The molecule has 1 atom stereocenters. The molecule has 0 spiro atoms. The third kappa shape index (κ3) is 3.54. The molecule has 0 aliphatic carbocycles. The maximum Gasteiger partial charge on any atom is 0.274 e. The van der Waals surface area contributed by atoms with E-state index in [0.717, 1.165) is 49.4 Å². The van der Waals surface area contributed by atoms with Gasteiger partial charge in [0, 0.05) is 12.0 Å². The van der Waals surface area contributed by atoms with Gasteiger partial charge in [0.1, 0.15) is 5.75 Å². The first-order valence-electron chi connectivity index (χ1n) is 8.89. The number of piperidine rings is 1. The maximum atomic E-state index is 12.8. The van der Waals surface area contributed by atoms with Crippen molar-refractivity contribution in [1.29, 1.82) is 0 Å². The van der Waals surface area contributed by atoms with Crippen LogP contribution in [0, 0.1) is 6.92 Å². The Hall–Kier alpha value is -2.12. The molecule has 2 aliphatic rings. The number of hydrogen-bond donors (Lipinski definition) is 2. The summed E-state index contributed by atoms with van der Waals surface area (Å²) in [7, 11) is 0. The number of fused-ring (bicyclic) bond motifs is 1. The predicted molar refractivity (Wildman–Crippen MR) is 99.9 cm³/mol. The van der Waals surface area contributed by atoms with Gasteiger partial charge in [0.2, 0.25) is 0 Å². The molecule has 0 saturated carbocycles. The standard InChI is InChI=1S/C18H23N5O2.ClH/c1-12-17(21-22-23(12)13-6-9-19-10-7-13)18(24)20-15-8-11-25-16-5-3-2-4-14(15)16;/h2-5,13,15,19H,6-11H2,1H3,(H,20,24);1H. The summed E-state index contributed by atoms with van der Waals surface area (Å²) in [4.78, 5) is 12.8. The van der Waals surface area contributed by atoms with Crippen molar-refractivity contribution in [3.63, 3.8) is 0 Å². The fourth-order valence-electron chi connectivity index (χ4n) is 3.67. The van der Waals surface area contributed by atoms with Crippen LogP contribution in [0.1, 0.15) is 53.1 Å². The van der Waals surface area contributed by atoms with Gasteiger partial charge in [-0.25, -0.2) is 4.68 Å². The summed E-state index contributed by atoms with van der Waals surface area (Å²) in [5.41, 5.74) is 2.28. The minimum atomic E-state index is -0.167. The fraction of sp³-hybridized carbons (Fsp3) is 0.500. The molecular formula is C18H24ClN5O2. The molecule has 1 aromatic carbocycles. The van der Waals surface area contributed by atoms with Crippen molar-refractivity contribution in [1.82, 2.24) is 25.6 Å². The molecule has 0 bridgehead atoms. The summed E-state index contributed by atoms with van der Waals surface area (Å²) in [6.07, 6.45) is 2.78. The Morgan fingerprint density at radius 2 is 2.04 bits per heavy atom. The average molecular weight is 378 g/mol. The van der Waals surface area contributed by atoms with E-state index in [1.807, 2.05) is 35.9 Å². The molecular weight excluding hydrogens is 354 g/mol. The molecule has 7 nitrogen and oxygen atoms in total. The minimum absolute atomic E-state index is 0. The summed E-state index contributed by atoms with van der Waals surface area (Å²) in [5, 5.41) is 14.9. The zero-order chi connectivity index (χ0) is 17.2. The van der Waals surface area contributed by atoms with Crippen molar-refractivity contribution >= 4 is 18.3 Å². The van der Waals surface area contributed by atoms with Crippen LogP contribution in [0.2, 0.25) is 0 Å². The number of nitrogens with one attached hydrogen (secondary N) is 2. The van der Waals surface area contributed by atoms with Crippen molar-refractivity contribution in [3.05, 3.63) is 41.2 Å². The number of aromatic nitrogens is 3. The molecule has 2 N–H and O–H groups in total. The van der Waals surface area contributed by atoms with Crippen LogP contribution in [-0.4, -0.2) is 40.6 Å². The number of amides is 1. The highest BCUT2D eigenvalue weighted by Gasteiger charge is 2.27. The summed E-state index contributed by atoms with van der Waals surface area (Å²) in [6, 6.07) is 8.10. The summed E-state index contributed by atoms with van der Waals surface area (Å²) in [5.74, 6) is 0.675. The van der Waals surface area contributed by atoms with Crippen molar-refractivity contribution in [2.45, 2.75) is 38.3 Å². The summed E-state index contributed by atoms with van der Waals surface area (Å²) < 4.78 is 7.57. The molecule has 1 saturated heterocycles. The van der Waals surface area contributed by atoms with Crippen LogP contribution in [-0.2, 0) is 0 Å². The average Bonchev–Trinajstić information content (AvgIpc) is 3.04. The third-order valence-corrected chi connectivity index (χ3v) is 5.06. The number of nitrogens with zero attached hydrogens (tertiary/aromatic N) is 3. The van der Waals surface area contributed by atoms with E-state index in [9.17, 15) is 4.79 Å². The van der Waals surface area contributed by atoms with E-state index >= 15 is 0 Å². The molecule has 3 heterocycles. The normalized spacial score (nSPS) is 19.8.